The van der Waals surface area contributed by atoms with E-state index in [-0.39, 0.29) is 5.41 Å². The first-order valence-corrected chi connectivity index (χ1v) is 8.10. The molecule has 4 heteroatoms. The average molecular weight is 301 g/mol. The van der Waals surface area contributed by atoms with E-state index in [1.807, 2.05) is 18.2 Å². The largest absolute Gasteiger partial charge is 0.337 e. The molecule has 1 atom stereocenters. The topological polar surface area (TPSA) is 42.2 Å². The van der Waals surface area contributed by atoms with Gasteiger partial charge in [-0.2, -0.15) is 4.98 Å². The maximum atomic E-state index is 5.49. The molecule has 4 nitrogen and oxygen atoms in total. The predicted molar refractivity (Wildman–Crippen MR) is 90.4 cm³/mol. The van der Waals surface area contributed by atoms with Crippen molar-refractivity contribution in [3.05, 3.63) is 36.2 Å². The molecule has 120 valence electrons. The maximum Gasteiger partial charge on any atom is 0.270 e. The van der Waals surface area contributed by atoms with Gasteiger partial charge in [0, 0.05) is 18.7 Å². The molecule has 1 unspecified atom stereocenters. The summed E-state index contributed by atoms with van der Waals surface area (Å²) >= 11 is 0. The van der Waals surface area contributed by atoms with Crippen molar-refractivity contribution in [2.24, 2.45) is 11.3 Å². The van der Waals surface area contributed by atoms with Crippen LogP contribution in [0.1, 0.15) is 46.9 Å². The van der Waals surface area contributed by atoms with Gasteiger partial charge in [0.1, 0.15) is 0 Å². The zero-order valence-electron chi connectivity index (χ0n) is 14.3. The summed E-state index contributed by atoms with van der Waals surface area (Å²) in [7, 11) is 0. The number of hydrogen-bond acceptors (Lipinski definition) is 4. The molecule has 1 heterocycles. The van der Waals surface area contributed by atoms with Gasteiger partial charge in [-0.05, 0) is 35.5 Å². The van der Waals surface area contributed by atoms with Gasteiger partial charge in [-0.15, -0.1) is 0 Å². The van der Waals surface area contributed by atoms with Gasteiger partial charge in [0.05, 0.1) is 0 Å². The van der Waals surface area contributed by atoms with Gasteiger partial charge in [0.25, 0.3) is 5.95 Å². The van der Waals surface area contributed by atoms with Crippen LogP contribution in [0.2, 0.25) is 0 Å². The number of rotatable bonds is 6. The Morgan fingerprint density at radius 2 is 1.82 bits per heavy atom. The Morgan fingerprint density at radius 3 is 2.36 bits per heavy atom. The zero-order chi connectivity index (χ0) is 16.2. The van der Waals surface area contributed by atoms with Crippen molar-refractivity contribution in [1.29, 1.82) is 0 Å². The minimum atomic E-state index is 0.243. The molecule has 0 bridgehead atoms. The molecule has 0 fully saturated rings. The molecule has 0 saturated heterocycles. The summed E-state index contributed by atoms with van der Waals surface area (Å²) in [5.41, 5.74) is 1.33. The van der Waals surface area contributed by atoms with Crippen molar-refractivity contribution in [1.82, 2.24) is 10.1 Å². The van der Waals surface area contributed by atoms with Crippen LogP contribution >= 0.6 is 0 Å². The minimum absolute atomic E-state index is 0.243. The second-order valence-electron chi connectivity index (χ2n) is 6.74. The lowest BCUT2D eigenvalue weighted by molar-refractivity contribution is 0.211. The summed E-state index contributed by atoms with van der Waals surface area (Å²) < 4.78 is 5.49. The van der Waals surface area contributed by atoms with Crippen molar-refractivity contribution in [2.75, 3.05) is 11.4 Å². The Balaban J connectivity index is 2.17. The molecular weight excluding hydrogens is 274 g/mol. The second kappa shape index (κ2) is 6.95. The Morgan fingerprint density at radius 1 is 1.14 bits per heavy atom. The normalized spacial score (nSPS) is 13.1. The fourth-order valence-electron chi connectivity index (χ4n) is 2.76. The van der Waals surface area contributed by atoms with Gasteiger partial charge in [0.2, 0.25) is 5.89 Å². The number of para-hydroxylation sites is 1. The molecule has 2 aromatic rings. The minimum Gasteiger partial charge on any atom is -0.337 e. The van der Waals surface area contributed by atoms with E-state index in [0.29, 0.717) is 11.9 Å². The van der Waals surface area contributed by atoms with Crippen LogP contribution in [-0.4, -0.2) is 16.7 Å². The molecular formula is C18H27N3O. The van der Waals surface area contributed by atoms with Crippen LogP contribution in [0.25, 0.3) is 0 Å². The predicted octanol–water partition coefficient (Wildman–Crippen LogP) is 4.84. The molecule has 0 aliphatic rings. The quantitative estimate of drug-likeness (QED) is 0.765. The number of hydrogen-bond donors (Lipinski definition) is 0. The fraction of sp³-hybridized carbons (Fsp3) is 0.556. The molecule has 0 saturated carbocycles. The Bertz CT molecular complexity index is 572. The summed E-state index contributed by atoms with van der Waals surface area (Å²) in [5.74, 6) is 1.91. The Labute approximate surface area is 133 Å². The molecule has 0 amide bonds. The van der Waals surface area contributed by atoms with Gasteiger partial charge in [-0.1, -0.05) is 52.3 Å². The van der Waals surface area contributed by atoms with Gasteiger partial charge < -0.3 is 9.42 Å². The molecule has 0 spiro atoms. The maximum absolute atomic E-state index is 5.49. The summed E-state index contributed by atoms with van der Waals surface area (Å²) in [6.07, 6.45) is 1.94. The number of nitrogens with zero attached hydrogens (tertiary/aromatic N) is 3. The first kappa shape index (κ1) is 16.5. The molecule has 0 radical (unpaired) electrons. The molecule has 1 aromatic carbocycles. The van der Waals surface area contributed by atoms with E-state index in [4.69, 9.17) is 4.52 Å². The molecule has 22 heavy (non-hydrogen) atoms. The zero-order valence-corrected chi connectivity index (χ0v) is 14.3. The summed E-state index contributed by atoms with van der Waals surface area (Å²) in [6, 6.07) is 10.2. The molecule has 1 aromatic heterocycles. The SMILES string of the molecule is CCC(Cc1nc(N(CC)c2ccccc2)no1)C(C)(C)C. The summed E-state index contributed by atoms with van der Waals surface area (Å²) in [4.78, 5) is 6.67. The Kier molecular flexibility index (Phi) is 5.22. The Hall–Kier alpha value is -1.84. The van der Waals surface area contributed by atoms with Gasteiger partial charge in [0.15, 0.2) is 0 Å². The van der Waals surface area contributed by atoms with E-state index in [9.17, 15) is 0 Å². The lowest BCUT2D eigenvalue weighted by atomic mass is 9.77. The third kappa shape index (κ3) is 3.87. The van der Waals surface area contributed by atoms with Crippen LogP contribution in [-0.2, 0) is 6.42 Å². The summed E-state index contributed by atoms with van der Waals surface area (Å²) in [5, 5.41) is 4.17. The highest BCUT2D eigenvalue weighted by Gasteiger charge is 2.26. The second-order valence-corrected chi connectivity index (χ2v) is 6.74. The van der Waals surface area contributed by atoms with E-state index in [1.165, 1.54) is 0 Å². The van der Waals surface area contributed by atoms with E-state index in [1.54, 1.807) is 0 Å². The molecule has 0 N–H and O–H groups in total. The number of anilines is 2. The van der Waals surface area contributed by atoms with E-state index < -0.39 is 0 Å². The third-order valence-electron chi connectivity index (χ3n) is 4.22. The van der Waals surface area contributed by atoms with Crippen LogP contribution in [0.3, 0.4) is 0 Å². The smallest absolute Gasteiger partial charge is 0.270 e. The van der Waals surface area contributed by atoms with Crippen LogP contribution in [0, 0.1) is 11.3 Å². The van der Waals surface area contributed by atoms with Gasteiger partial charge in [-0.25, -0.2) is 0 Å². The number of aromatic nitrogens is 2. The van der Waals surface area contributed by atoms with Gasteiger partial charge in [-0.3, -0.25) is 0 Å². The summed E-state index contributed by atoms with van der Waals surface area (Å²) in [6.45, 7) is 11.9. The average Bonchev–Trinajstić information content (AvgIpc) is 2.94. The lowest BCUT2D eigenvalue weighted by Crippen LogP contribution is -2.22. The lowest BCUT2D eigenvalue weighted by Gasteiger charge is -2.28. The molecule has 0 aliphatic heterocycles. The van der Waals surface area contributed by atoms with Gasteiger partial charge >= 0.3 is 0 Å². The van der Waals surface area contributed by atoms with E-state index in [0.717, 1.165) is 31.0 Å². The molecule has 0 aliphatic carbocycles. The molecule has 2 rings (SSSR count). The van der Waals surface area contributed by atoms with E-state index in [2.05, 4.69) is 61.8 Å². The van der Waals surface area contributed by atoms with Crippen LogP contribution in [0.15, 0.2) is 34.9 Å². The highest BCUT2D eigenvalue weighted by atomic mass is 16.5. The van der Waals surface area contributed by atoms with Crippen molar-refractivity contribution in [2.45, 2.75) is 47.5 Å². The van der Waals surface area contributed by atoms with Crippen molar-refractivity contribution < 1.29 is 4.52 Å². The standard InChI is InChI=1S/C18H27N3O/c1-6-14(18(3,4)5)13-16-19-17(20-22-16)21(7-2)15-11-9-8-10-12-15/h8-12,14H,6-7,13H2,1-5H3. The fourth-order valence-corrected chi connectivity index (χ4v) is 2.76. The van der Waals surface area contributed by atoms with E-state index >= 15 is 0 Å². The monoisotopic (exact) mass is 301 g/mol. The highest BCUT2D eigenvalue weighted by Crippen LogP contribution is 2.32. The first-order valence-electron chi connectivity index (χ1n) is 8.10. The van der Waals surface area contributed by atoms with Crippen molar-refractivity contribution >= 4 is 11.6 Å². The van der Waals surface area contributed by atoms with Crippen molar-refractivity contribution in [3.63, 3.8) is 0 Å². The van der Waals surface area contributed by atoms with Crippen LogP contribution in [0.4, 0.5) is 11.6 Å². The number of benzene rings is 1. The highest BCUT2D eigenvalue weighted by molar-refractivity contribution is 5.56. The van der Waals surface area contributed by atoms with Crippen LogP contribution < -0.4 is 4.90 Å². The van der Waals surface area contributed by atoms with Crippen molar-refractivity contribution in [3.8, 4) is 0 Å². The first-order chi connectivity index (χ1) is 10.5. The third-order valence-corrected chi connectivity index (χ3v) is 4.22. The van der Waals surface area contributed by atoms with Crippen LogP contribution in [0.5, 0.6) is 0 Å².